The van der Waals surface area contributed by atoms with E-state index in [1.54, 1.807) is 0 Å². The molecule has 106 valence electrons. The van der Waals surface area contributed by atoms with E-state index < -0.39 is 0 Å². The first-order chi connectivity index (χ1) is 8.86. The van der Waals surface area contributed by atoms with Crippen molar-refractivity contribution < 1.29 is 14.6 Å². The lowest BCUT2D eigenvalue weighted by Crippen LogP contribution is -2.44. The van der Waals surface area contributed by atoms with Crippen LogP contribution in [-0.4, -0.2) is 31.5 Å². The summed E-state index contributed by atoms with van der Waals surface area (Å²) in [7, 11) is 0. The summed E-state index contributed by atoms with van der Waals surface area (Å²) in [4.78, 5) is 0. The van der Waals surface area contributed by atoms with Crippen molar-refractivity contribution in [3.63, 3.8) is 0 Å². The lowest BCUT2D eigenvalue weighted by molar-refractivity contribution is -0.120. The molecular weight excluding hydrogens is 264 g/mol. The zero-order valence-electron chi connectivity index (χ0n) is 11.7. The monoisotopic (exact) mass is 284 g/mol. The van der Waals surface area contributed by atoms with E-state index in [9.17, 15) is 5.11 Å². The van der Waals surface area contributed by atoms with Gasteiger partial charge in [-0.3, -0.25) is 0 Å². The normalized spacial score (nSPS) is 17.9. The third-order valence-electron chi connectivity index (χ3n) is 3.59. The van der Waals surface area contributed by atoms with Crippen LogP contribution in [0.1, 0.15) is 26.3 Å². The van der Waals surface area contributed by atoms with Gasteiger partial charge in [0.05, 0.1) is 31.5 Å². The van der Waals surface area contributed by atoms with Crippen molar-refractivity contribution in [3.05, 3.63) is 28.8 Å². The van der Waals surface area contributed by atoms with E-state index in [-0.39, 0.29) is 17.4 Å². The van der Waals surface area contributed by atoms with Crippen LogP contribution in [0.5, 0.6) is 5.75 Å². The van der Waals surface area contributed by atoms with E-state index in [0.717, 1.165) is 18.8 Å². The molecule has 0 unspecified atom stereocenters. The minimum atomic E-state index is -0.296. The summed E-state index contributed by atoms with van der Waals surface area (Å²) in [6.45, 7) is 8.25. The van der Waals surface area contributed by atoms with Gasteiger partial charge in [0.1, 0.15) is 5.75 Å². The topological polar surface area (TPSA) is 38.7 Å². The Bertz CT molecular complexity index is 453. The molecule has 2 rings (SSSR count). The minimum Gasteiger partial charge on any atom is -0.491 e. The zero-order chi connectivity index (χ0) is 14.1. The summed E-state index contributed by atoms with van der Waals surface area (Å²) in [6, 6.07) is 5.70. The van der Waals surface area contributed by atoms with Gasteiger partial charge in [-0.2, -0.15) is 0 Å². The Morgan fingerprint density at radius 2 is 2.11 bits per heavy atom. The van der Waals surface area contributed by atoms with E-state index >= 15 is 0 Å². The second-order valence-electron chi connectivity index (χ2n) is 6.28. The minimum absolute atomic E-state index is 0.0823. The lowest BCUT2D eigenvalue weighted by atomic mass is 9.85. The molecule has 0 aromatic heterocycles. The van der Waals surface area contributed by atoms with Gasteiger partial charge in [0.25, 0.3) is 0 Å². The number of aliphatic hydroxyl groups excluding tert-OH is 1. The van der Waals surface area contributed by atoms with Crippen LogP contribution in [0.25, 0.3) is 0 Å². The molecule has 4 heteroatoms. The quantitative estimate of drug-likeness (QED) is 0.903. The van der Waals surface area contributed by atoms with Gasteiger partial charge < -0.3 is 14.6 Å². The highest BCUT2D eigenvalue weighted by molar-refractivity contribution is 6.32. The Balaban J connectivity index is 2.07. The van der Waals surface area contributed by atoms with Gasteiger partial charge in [0.15, 0.2) is 0 Å². The molecule has 1 aromatic rings. The van der Waals surface area contributed by atoms with Gasteiger partial charge in [-0.1, -0.05) is 38.4 Å². The van der Waals surface area contributed by atoms with Crippen molar-refractivity contribution in [2.45, 2.75) is 26.2 Å². The Kier molecular flexibility index (Phi) is 4.09. The maximum absolute atomic E-state index is 9.37. The summed E-state index contributed by atoms with van der Waals surface area (Å²) in [5.41, 5.74) is 0.813. The van der Waals surface area contributed by atoms with Crippen LogP contribution < -0.4 is 4.74 Å². The number of hydrogen-bond acceptors (Lipinski definition) is 3. The molecule has 0 aliphatic carbocycles. The molecule has 1 aliphatic heterocycles. The van der Waals surface area contributed by atoms with Gasteiger partial charge in [-0.25, -0.2) is 0 Å². The van der Waals surface area contributed by atoms with Crippen molar-refractivity contribution in [1.29, 1.82) is 0 Å². The van der Waals surface area contributed by atoms with Gasteiger partial charge in [-0.05, 0) is 17.7 Å². The molecule has 0 amide bonds. The third kappa shape index (κ3) is 3.22. The lowest BCUT2D eigenvalue weighted by Gasteiger charge is -2.37. The molecule has 0 saturated carbocycles. The van der Waals surface area contributed by atoms with Crippen LogP contribution in [0.15, 0.2) is 18.2 Å². The zero-order valence-corrected chi connectivity index (χ0v) is 12.5. The molecule has 0 bridgehead atoms. The summed E-state index contributed by atoms with van der Waals surface area (Å²) in [5.74, 6) is 0.687. The number of ether oxygens (including phenoxy) is 2. The van der Waals surface area contributed by atoms with E-state index in [4.69, 9.17) is 21.1 Å². The summed E-state index contributed by atoms with van der Waals surface area (Å²) >= 11 is 6.24. The Morgan fingerprint density at radius 1 is 1.42 bits per heavy atom. The fourth-order valence-corrected chi connectivity index (χ4v) is 2.15. The summed E-state index contributed by atoms with van der Waals surface area (Å²) in [5, 5.41) is 9.95. The van der Waals surface area contributed by atoms with Gasteiger partial charge in [0.2, 0.25) is 0 Å². The van der Waals surface area contributed by atoms with Gasteiger partial charge in [-0.15, -0.1) is 0 Å². The molecule has 1 aromatic carbocycles. The van der Waals surface area contributed by atoms with E-state index in [2.05, 4.69) is 6.92 Å². The van der Waals surface area contributed by atoms with E-state index in [1.165, 1.54) is 0 Å². The average Bonchev–Trinajstić information content (AvgIpc) is 2.35. The molecule has 1 heterocycles. The van der Waals surface area contributed by atoms with Gasteiger partial charge in [0, 0.05) is 10.8 Å². The molecule has 0 spiro atoms. The summed E-state index contributed by atoms with van der Waals surface area (Å²) < 4.78 is 11.0. The second kappa shape index (κ2) is 5.31. The predicted molar refractivity (Wildman–Crippen MR) is 76.0 cm³/mol. The molecular formula is C15H21ClO3. The Labute approximate surface area is 119 Å². The fourth-order valence-electron chi connectivity index (χ4n) is 1.92. The van der Waals surface area contributed by atoms with Crippen LogP contribution in [0.2, 0.25) is 5.02 Å². The second-order valence-corrected chi connectivity index (χ2v) is 6.69. The van der Waals surface area contributed by atoms with Crippen molar-refractivity contribution in [2.24, 2.45) is 5.41 Å². The number of hydrogen-bond donors (Lipinski definition) is 1. The first-order valence-corrected chi connectivity index (χ1v) is 6.86. The molecule has 19 heavy (non-hydrogen) atoms. The first-order valence-electron chi connectivity index (χ1n) is 6.48. The molecule has 0 radical (unpaired) electrons. The van der Waals surface area contributed by atoms with Crippen LogP contribution in [0, 0.1) is 5.41 Å². The van der Waals surface area contributed by atoms with Crippen LogP contribution in [0.3, 0.4) is 0 Å². The SMILES string of the molecule is CC1(COc2ccc(C(C)(C)CO)cc2Cl)COC1. The Morgan fingerprint density at radius 3 is 2.58 bits per heavy atom. The highest BCUT2D eigenvalue weighted by atomic mass is 35.5. The maximum atomic E-state index is 9.37. The van der Waals surface area contributed by atoms with Crippen molar-refractivity contribution in [1.82, 2.24) is 0 Å². The predicted octanol–water partition coefficient (Wildman–Crippen LogP) is 3.03. The van der Waals surface area contributed by atoms with E-state index in [1.807, 2.05) is 32.0 Å². The Hall–Kier alpha value is -0.770. The molecule has 1 N–H and O–H groups in total. The van der Waals surface area contributed by atoms with Crippen LogP contribution in [0.4, 0.5) is 0 Å². The smallest absolute Gasteiger partial charge is 0.137 e. The average molecular weight is 285 g/mol. The van der Waals surface area contributed by atoms with Crippen molar-refractivity contribution in [3.8, 4) is 5.75 Å². The largest absolute Gasteiger partial charge is 0.491 e. The highest BCUT2D eigenvalue weighted by Crippen LogP contribution is 2.33. The van der Waals surface area contributed by atoms with Crippen LogP contribution >= 0.6 is 11.6 Å². The highest BCUT2D eigenvalue weighted by Gasteiger charge is 2.34. The number of rotatable bonds is 5. The molecule has 1 fully saturated rings. The van der Waals surface area contributed by atoms with Gasteiger partial charge >= 0.3 is 0 Å². The van der Waals surface area contributed by atoms with Crippen molar-refractivity contribution in [2.75, 3.05) is 26.4 Å². The van der Waals surface area contributed by atoms with Crippen LogP contribution in [-0.2, 0) is 10.2 Å². The standard InChI is InChI=1S/C15H21ClO3/c1-14(2,7-17)11-4-5-13(12(16)6-11)19-10-15(3)8-18-9-15/h4-6,17H,7-10H2,1-3H3. The fraction of sp³-hybridized carbons (Fsp3) is 0.600. The number of benzene rings is 1. The summed E-state index contributed by atoms with van der Waals surface area (Å²) in [6.07, 6.45) is 0. The first kappa shape index (κ1) is 14.6. The molecule has 0 atom stereocenters. The third-order valence-corrected chi connectivity index (χ3v) is 3.88. The maximum Gasteiger partial charge on any atom is 0.137 e. The van der Waals surface area contributed by atoms with E-state index in [0.29, 0.717) is 17.4 Å². The molecule has 3 nitrogen and oxygen atoms in total. The number of aliphatic hydroxyl groups is 1. The van der Waals surface area contributed by atoms with Crippen molar-refractivity contribution >= 4 is 11.6 Å². The number of halogens is 1. The molecule has 1 saturated heterocycles. The molecule has 1 aliphatic rings.